The van der Waals surface area contributed by atoms with Crippen molar-refractivity contribution in [3.8, 4) is 0 Å². The Morgan fingerprint density at radius 3 is 1.76 bits per heavy atom. The van der Waals surface area contributed by atoms with Gasteiger partial charge in [-0.3, -0.25) is 0 Å². The van der Waals surface area contributed by atoms with Gasteiger partial charge in [0.1, 0.15) is 0 Å². The first-order valence-electron chi connectivity index (χ1n) is 6.39. The van der Waals surface area contributed by atoms with Crippen molar-refractivity contribution in [1.29, 1.82) is 0 Å². The zero-order valence-electron chi connectivity index (χ0n) is 12.4. The highest BCUT2D eigenvalue weighted by Gasteiger charge is 2.17. The van der Waals surface area contributed by atoms with Gasteiger partial charge in [0.15, 0.2) is 14.6 Å². The smallest absolute Gasteiger partial charge is 0.0870 e. The van der Waals surface area contributed by atoms with Gasteiger partial charge < -0.3 is 0 Å². The third-order valence-electron chi connectivity index (χ3n) is 2.48. The largest absolute Gasteiger partial charge is 0.158 e. The van der Waals surface area contributed by atoms with E-state index in [-0.39, 0.29) is 10.6 Å². The Morgan fingerprint density at radius 2 is 1.35 bits per heavy atom. The lowest BCUT2D eigenvalue weighted by molar-refractivity contribution is 0.758. The number of hydrogen-bond donors (Lipinski definition) is 0. The zero-order chi connectivity index (χ0) is 13.3. The summed E-state index contributed by atoms with van der Waals surface area (Å²) in [6.07, 6.45) is 0. The minimum Gasteiger partial charge on any atom is -0.0870 e. The predicted molar refractivity (Wildman–Crippen MR) is 81.4 cm³/mol. The molecule has 0 saturated carbocycles. The fourth-order valence-corrected chi connectivity index (χ4v) is 1.92. The summed E-state index contributed by atoms with van der Waals surface area (Å²) < 4.78 is 0. The van der Waals surface area contributed by atoms with Gasteiger partial charge in [-0.15, -0.1) is 0 Å². The first kappa shape index (κ1) is 14.4. The van der Waals surface area contributed by atoms with Gasteiger partial charge in [0, 0.05) is 0 Å². The standard InChI is InChI=1S/C15H24B2/c1-11-10-12(16-14(2,3)4)8-9-13(11)17-15(5,6)7/h8-10H,1-7H3. The monoisotopic (exact) mass is 226 g/mol. The van der Waals surface area contributed by atoms with Gasteiger partial charge in [-0.25, -0.2) is 0 Å². The van der Waals surface area contributed by atoms with Crippen LogP contribution < -0.4 is 10.9 Å². The zero-order valence-corrected chi connectivity index (χ0v) is 12.4. The van der Waals surface area contributed by atoms with E-state index in [1.807, 2.05) is 0 Å². The fraction of sp³-hybridized carbons (Fsp3) is 0.600. The summed E-state index contributed by atoms with van der Waals surface area (Å²) >= 11 is 0. The highest BCUT2D eigenvalue weighted by molar-refractivity contribution is 6.59. The lowest BCUT2D eigenvalue weighted by Gasteiger charge is -2.20. The van der Waals surface area contributed by atoms with Crippen molar-refractivity contribution >= 4 is 25.5 Å². The van der Waals surface area contributed by atoms with E-state index in [1.54, 1.807) is 0 Å². The molecular weight excluding hydrogens is 202 g/mol. The number of hydrogen-bond acceptors (Lipinski definition) is 0. The molecule has 0 saturated heterocycles. The first-order valence-corrected chi connectivity index (χ1v) is 6.39. The van der Waals surface area contributed by atoms with Gasteiger partial charge in [0.25, 0.3) is 0 Å². The molecule has 2 radical (unpaired) electrons. The van der Waals surface area contributed by atoms with Crippen LogP contribution in [-0.2, 0) is 0 Å². The second-order valence-electron chi connectivity index (χ2n) is 7.14. The van der Waals surface area contributed by atoms with Crippen molar-refractivity contribution in [2.24, 2.45) is 0 Å². The molecule has 0 spiro atoms. The van der Waals surface area contributed by atoms with Crippen LogP contribution in [0, 0.1) is 6.92 Å². The topological polar surface area (TPSA) is 0 Å². The maximum Gasteiger partial charge on any atom is 0.158 e. The molecule has 0 aromatic heterocycles. The van der Waals surface area contributed by atoms with Crippen LogP contribution in [0.15, 0.2) is 18.2 Å². The van der Waals surface area contributed by atoms with Crippen LogP contribution in [0.25, 0.3) is 0 Å². The molecule has 0 heterocycles. The molecule has 0 bridgehead atoms. The fourth-order valence-electron chi connectivity index (χ4n) is 1.92. The average molecular weight is 226 g/mol. The Hall–Kier alpha value is -0.650. The van der Waals surface area contributed by atoms with E-state index in [4.69, 9.17) is 0 Å². The molecule has 0 nitrogen and oxygen atoms in total. The van der Waals surface area contributed by atoms with Gasteiger partial charge in [0.05, 0.1) is 0 Å². The van der Waals surface area contributed by atoms with E-state index in [0.717, 1.165) is 0 Å². The molecular formula is C15H24B2. The predicted octanol–water partition coefficient (Wildman–Crippen LogP) is 3.09. The van der Waals surface area contributed by atoms with Gasteiger partial charge in [-0.05, 0) is 6.92 Å². The minimum atomic E-state index is 0.236. The lowest BCUT2D eigenvalue weighted by atomic mass is 9.48. The molecule has 0 aliphatic carbocycles. The Kier molecular flexibility index (Phi) is 4.17. The molecule has 0 aliphatic heterocycles. The van der Waals surface area contributed by atoms with Crippen molar-refractivity contribution in [2.45, 2.75) is 59.1 Å². The minimum absolute atomic E-state index is 0.236. The summed E-state index contributed by atoms with van der Waals surface area (Å²) in [4.78, 5) is 0. The van der Waals surface area contributed by atoms with E-state index < -0.39 is 0 Å². The third-order valence-corrected chi connectivity index (χ3v) is 2.48. The normalized spacial score (nSPS) is 12.4. The van der Waals surface area contributed by atoms with Crippen LogP contribution in [0.4, 0.5) is 0 Å². The van der Waals surface area contributed by atoms with Crippen molar-refractivity contribution in [1.82, 2.24) is 0 Å². The van der Waals surface area contributed by atoms with Crippen LogP contribution in [0.2, 0.25) is 10.6 Å². The second kappa shape index (κ2) is 4.92. The summed E-state index contributed by atoms with van der Waals surface area (Å²) in [5, 5.41) is 0.474. The summed E-state index contributed by atoms with van der Waals surface area (Å²) in [6, 6.07) is 6.73. The van der Waals surface area contributed by atoms with Gasteiger partial charge in [0.2, 0.25) is 0 Å². The van der Waals surface area contributed by atoms with Gasteiger partial charge >= 0.3 is 0 Å². The molecule has 17 heavy (non-hydrogen) atoms. The van der Waals surface area contributed by atoms with Crippen LogP contribution >= 0.6 is 0 Å². The highest BCUT2D eigenvalue weighted by Crippen LogP contribution is 2.21. The van der Waals surface area contributed by atoms with Crippen molar-refractivity contribution < 1.29 is 0 Å². The quantitative estimate of drug-likeness (QED) is 0.679. The van der Waals surface area contributed by atoms with Crippen LogP contribution in [-0.4, -0.2) is 14.6 Å². The molecule has 2 heteroatoms. The maximum absolute atomic E-state index is 2.34. The van der Waals surface area contributed by atoms with E-state index in [0.29, 0.717) is 0 Å². The summed E-state index contributed by atoms with van der Waals surface area (Å²) in [5.41, 5.74) is 4.03. The highest BCUT2D eigenvalue weighted by atomic mass is 14.0. The number of rotatable bonds is 2. The molecule has 0 unspecified atom stereocenters. The van der Waals surface area contributed by atoms with E-state index in [9.17, 15) is 0 Å². The molecule has 0 aliphatic rings. The van der Waals surface area contributed by atoms with E-state index in [2.05, 4.69) is 81.2 Å². The molecule has 0 fully saturated rings. The molecule has 1 aromatic rings. The SMILES string of the molecule is Cc1cc([B]C(C)(C)C)ccc1[B]C(C)(C)C. The molecule has 90 valence electrons. The Labute approximate surface area is 109 Å². The van der Waals surface area contributed by atoms with E-state index in [1.165, 1.54) is 16.5 Å². The molecule has 1 aromatic carbocycles. The molecule has 1 rings (SSSR count). The summed E-state index contributed by atoms with van der Waals surface area (Å²) in [6.45, 7) is 15.6. The number of benzene rings is 1. The Balaban J connectivity index is 2.87. The maximum atomic E-state index is 2.34. The molecule has 0 N–H and O–H groups in total. The van der Waals surface area contributed by atoms with Crippen LogP contribution in [0.3, 0.4) is 0 Å². The van der Waals surface area contributed by atoms with E-state index >= 15 is 0 Å². The second-order valence-corrected chi connectivity index (χ2v) is 7.14. The third kappa shape index (κ3) is 5.48. The lowest BCUT2D eigenvalue weighted by Crippen LogP contribution is -2.30. The van der Waals surface area contributed by atoms with Gasteiger partial charge in [-0.2, -0.15) is 0 Å². The Morgan fingerprint density at radius 1 is 0.824 bits per heavy atom. The van der Waals surface area contributed by atoms with Gasteiger partial charge in [-0.1, -0.05) is 86.9 Å². The van der Waals surface area contributed by atoms with Crippen molar-refractivity contribution in [2.75, 3.05) is 0 Å². The summed E-state index contributed by atoms with van der Waals surface area (Å²) in [5.74, 6) is 0. The summed E-state index contributed by atoms with van der Waals surface area (Å²) in [7, 11) is 4.66. The van der Waals surface area contributed by atoms with Crippen LogP contribution in [0.5, 0.6) is 0 Å². The first-order chi connectivity index (χ1) is 7.57. The average Bonchev–Trinajstić information content (AvgIpc) is 2.05. The van der Waals surface area contributed by atoms with Crippen molar-refractivity contribution in [3.05, 3.63) is 23.8 Å². The van der Waals surface area contributed by atoms with Crippen LogP contribution in [0.1, 0.15) is 47.1 Å². The number of aryl methyl sites for hydroxylation is 1. The Bertz CT molecular complexity index is 381. The molecule has 0 amide bonds. The molecule has 0 atom stereocenters. The van der Waals surface area contributed by atoms with Crippen molar-refractivity contribution in [3.63, 3.8) is 0 Å².